The molecule has 1 unspecified atom stereocenters. The average Bonchev–Trinajstić information content (AvgIpc) is 2.17. The number of aliphatic hydroxyl groups is 1. The van der Waals surface area contributed by atoms with Gasteiger partial charge in [0.15, 0.2) is 0 Å². The van der Waals surface area contributed by atoms with Gasteiger partial charge in [-0.05, 0) is 19.1 Å². The predicted octanol–water partition coefficient (Wildman–Crippen LogP) is 1.38. The highest BCUT2D eigenvalue weighted by molar-refractivity contribution is 5.26. The first-order valence-corrected chi connectivity index (χ1v) is 4.59. The van der Waals surface area contributed by atoms with Crippen LogP contribution < -0.4 is 4.74 Å². The molecule has 0 aliphatic rings. The summed E-state index contributed by atoms with van der Waals surface area (Å²) in [4.78, 5) is 0. The van der Waals surface area contributed by atoms with Crippen LogP contribution >= 0.6 is 0 Å². The molecule has 78 valence electrons. The van der Waals surface area contributed by atoms with Crippen LogP contribution in [0.3, 0.4) is 0 Å². The second-order valence-electron chi connectivity index (χ2n) is 3.23. The smallest absolute Gasteiger partial charge is 0.119 e. The molecular weight excluding hydrogens is 180 g/mol. The van der Waals surface area contributed by atoms with Gasteiger partial charge in [-0.15, -0.1) is 0 Å². The van der Waals surface area contributed by atoms with Crippen LogP contribution in [0.1, 0.15) is 5.56 Å². The van der Waals surface area contributed by atoms with Crippen LogP contribution in [0.4, 0.5) is 0 Å². The predicted molar refractivity (Wildman–Crippen MR) is 54.6 cm³/mol. The molecule has 0 fully saturated rings. The Morgan fingerprint density at radius 1 is 1.21 bits per heavy atom. The molecule has 3 nitrogen and oxygen atoms in total. The lowest BCUT2D eigenvalue weighted by Gasteiger charge is -2.11. The molecule has 1 rings (SSSR count). The van der Waals surface area contributed by atoms with Crippen molar-refractivity contribution in [2.45, 2.75) is 13.0 Å². The van der Waals surface area contributed by atoms with Gasteiger partial charge in [0, 0.05) is 7.11 Å². The molecule has 0 aliphatic heterocycles. The van der Waals surface area contributed by atoms with Crippen molar-refractivity contribution < 1.29 is 14.6 Å². The van der Waals surface area contributed by atoms with Gasteiger partial charge in [0.25, 0.3) is 0 Å². The van der Waals surface area contributed by atoms with Gasteiger partial charge in [0.05, 0.1) is 6.61 Å². The van der Waals surface area contributed by atoms with Crippen LogP contribution in [0.2, 0.25) is 0 Å². The number of benzene rings is 1. The normalized spacial score (nSPS) is 12.5. The van der Waals surface area contributed by atoms with Gasteiger partial charge in [0.2, 0.25) is 0 Å². The summed E-state index contributed by atoms with van der Waals surface area (Å²) in [5.41, 5.74) is 1.19. The Kier molecular flexibility index (Phi) is 4.43. The van der Waals surface area contributed by atoms with Crippen LogP contribution in [0.25, 0.3) is 0 Å². The highest BCUT2D eigenvalue weighted by Crippen LogP contribution is 2.11. The third-order valence-corrected chi connectivity index (χ3v) is 1.82. The van der Waals surface area contributed by atoms with Gasteiger partial charge in [-0.1, -0.05) is 17.7 Å². The van der Waals surface area contributed by atoms with E-state index < -0.39 is 6.10 Å². The molecule has 1 atom stereocenters. The molecule has 0 aromatic heterocycles. The highest BCUT2D eigenvalue weighted by Gasteiger charge is 2.03. The first-order valence-electron chi connectivity index (χ1n) is 4.59. The lowest BCUT2D eigenvalue weighted by atomic mass is 10.2. The fraction of sp³-hybridized carbons (Fsp3) is 0.455. The number of aliphatic hydroxyl groups excluding tert-OH is 1. The summed E-state index contributed by atoms with van der Waals surface area (Å²) in [6, 6.07) is 7.71. The Bertz CT molecular complexity index is 256. The van der Waals surface area contributed by atoms with E-state index in [0.29, 0.717) is 6.61 Å². The van der Waals surface area contributed by atoms with Gasteiger partial charge in [0.1, 0.15) is 18.5 Å². The summed E-state index contributed by atoms with van der Waals surface area (Å²) in [5, 5.41) is 9.32. The molecule has 3 heteroatoms. The molecule has 0 saturated heterocycles. The lowest BCUT2D eigenvalue weighted by molar-refractivity contribution is 0.0325. The van der Waals surface area contributed by atoms with Crippen LogP contribution in [-0.4, -0.2) is 31.5 Å². The van der Waals surface area contributed by atoms with Crippen molar-refractivity contribution >= 4 is 0 Å². The van der Waals surface area contributed by atoms with Crippen LogP contribution in [0.15, 0.2) is 24.3 Å². The Morgan fingerprint density at radius 3 is 2.43 bits per heavy atom. The average molecular weight is 196 g/mol. The zero-order chi connectivity index (χ0) is 10.4. The number of ether oxygens (including phenoxy) is 2. The number of rotatable bonds is 5. The second kappa shape index (κ2) is 5.62. The zero-order valence-corrected chi connectivity index (χ0v) is 8.56. The third-order valence-electron chi connectivity index (χ3n) is 1.82. The van der Waals surface area contributed by atoms with E-state index in [-0.39, 0.29) is 6.61 Å². The van der Waals surface area contributed by atoms with E-state index in [9.17, 15) is 5.11 Å². The summed E-state index contributed by atoms with van der Waals surface area (Å²) in [7, 11) is 1.55. The minimum absolute atomic E-state index is 0.261. The maximum absolute atomic E-state index is 9.32. The molecule has 0 amide bonds. The van der Waals surface area contributed by atoms with E-state index in [4.69, 9.17) is 9.47 Å². The minimum atomic E-state index is -0.568. The van der Waals surface area contributed by atoms with Crippen molar-refractivity contribution in [1.29, 1.82) is 0 Å². The van der Waals surface area contributed by atoms with Gasteiger partial charge in [-0.25, -0.2) is 0 Å². The number of aryl methyl sites for hydroxylation is 1. The summed E-state index contributed by atoms with van der Waals surface area (Å²) >= 11 is 0. The van der Waals surface area contributed by atoms with Crippen molar-refractivity contribution in [2.75, 3.05) is 20.3 Å². The molecule has 1 N–H and O–H groups in total. The minimum Gasteiger partial charge on any atom is -0.491 e. The molecule has 1 aromatic carbocycles. The standard InChI is InChI=1S/C11H16O3/c1-9-3-5-11(6-4-9)14-8-10(12)7-13-2/h3-6,10,12H,7-8H2,1-2H3. The SMILES string of the molecule is COCC(O)COc1ccc(C)cc1. The van der Waals surface area contributed by atoms with E-state index >= 15 is 0 Å². The third kappa shape index (κ3) is 3.77. The monoisotopic (exact) mass is 196 g/mol. The fourth-order valence-corrected chi connectivity index (χ4v) is 1.07. The Labute approximate surface area is 84.3 Å². The molecular formula is C11H16O3. The van der Waals surface area contributed by atoms with Crippen molar-refractivity contribution in [2.24, 2.45) is 0 Å². The van der Waals surface area contributed by atoms with Crippen molar-refractivity contribution in [3.8, 4) is 5.75 Å². The van der Waals surface area contributed by atoms with E-state index in [2.05, 4.69) is 0 Å². The first-order chi connectivity index (χ1) is 6.72. The van der Waals surface area contributed by atoms with Gasteiger partial charge >= 0.3 is 0 Å². The maximum Gasteiger partial charge on any atom is 0.119 e. The lowest BCUT2D eigenvalue weighted by Crippen LogP contribution is -2.22. The molecule has 0 heterocycles. The van der Waals surface area contributed by atoms with Gasteiger partial charge in [-0.2, -0.15) is 0 Å². The summed E-state index contributed by atoms with van der Waals surface area (Å²) in [5.74, 6) is 0.769. The summed E-state index contributed by atoms with van der Waals surface area (Å²) in [6.45, 7) is 2.58. The van der Waals surface area contributed by atoms with Crippen molar-refractivity contribution in [1.82, 2.24) is 0 Å². The van der Waals surface area contributed by atoms with Gasteiger partial charge < -0.3 is 14.6 Å². The quantitative estimate of drug-likeness (QED) is 0.773. The highest BCUT2D eigenvalue weighted by atomic mass is 16.5. The number of methoxy groups -OCH3 is 1. The number of hydrogen-bond donors (Lipinski definition) is 1. The van der Waals surface area contributed by atoms with E-state index in [1.807, 2.05) is 31.2 Å². The second-order valence-corrected chi connectivity index (χ2v) is 3.23. The van der Waals surface area contributed by atoms with Crippen molar-refractivity contribution in [3.63, 3.8) is 0 Å². The zero-order valence-electron chi connectivity index (χ0n) is 8.56. The molecule has 0 aliphatic carbocycles. The first kappa shape index (κ1) is 11.0. The molecule has 0 radical (unpaired) electrons. The Hall–Kier alpha value is -1.06. The van der Waals surface area contributed by atoms with E-state index in [1.54, 1.807) is 7.11 Å². The van der Waals surface area contributed by atoms with Crippen molar-refractivity contribution in [3.05, 3.63) is 29.8 Å². The van der Waals surface area contributed by atoms with Crippen LogP contribution in [0, 0.1) is 6.92 Å². The maximum atomic E-state index is 9.32. The molecule has 1 aromatic rings. The molecule has 0 saturated carbocycles. The number of hydrogen-bond acceptors (Lipinski definition) is 3. The van der Waals surface area contributed by atoms with Crippen LogP contribution in [0.5, 0.6) is 5.75 Å². The van der Waals surface area contributed by atoms with Crippen LogP contribution in [-0.2, 0) is 4.74 Å². The largest absolute Gasteiger partial charge is 0.491 e. The topological polar surface area (TPSA) is 38.7 Å². The Morgan fingerprint density at radius 2 is 1.86 bits per heavy atom. The molecule has 0 bridgehead atoms. The van der Waals surface area contributed by atoms with E-state index in [0.717, 1.165) is 5.75 Å². The Balaban J connectivity index is 2.34. The molecule has 14 heavy (non-hydrogen) atoms. The molecule has 0 spiro atoms. The van der Waals surface area contributed by atoms with E-state index in [1.165, 1.54) is 5.56 Å². The van der Waals surface area contributed by atoms with Gasteiger partial charge in [-0.3, -0.25) is 0 Å². The summed E-state index contributed by atoms with van der Waals surface area (Å²) in [6.07, 6.45) is -0.568. The fourth-order valence-electron chi connectivity index (χ4n) is 1.07. The summed E-state index contributed by atoms with van der Waals surface area (Å²) < 4.78 is 10.1.